The van der Waals surface area contributed by atoms with E-state index in [-0.39, 0.29) is 0 Å². The van der Waals surface area contributed by atoms with Crippen LogP contribution in [-0.4, -0.2) is 19.2 Å². The Morgan fingerprint density at radius 3 is 2.88 bits per heavy atom. The van der Waals surface area contributed by atoms with Gasteiger partial charge in [-0.1, -0.05) is 20.3 Å². The lowest BCUT2D eigenvalue weighted by Gasteiger charge is -2.19. The number of ether oxygens (including phenoxy) is 1. The summed E-state index contributed by atoms with van der Waals surface area (Å²) in [5.74, 6) is 1.63. The van der Waals surface area contributed by atoms with Crippen molar-refractivity contribution < 1.29 is 9.15 Å². The Balaban J connectivity index is 1.94. The van der Waals surface area contributed by atoms with Crippen molar-refractivity contribution in [2.45, 2.75) is 46.3 Å². The van der Waals surface area contributed by atoms with E-state index in [9.17, 15) is 0 Å². The van der Waals surface area contributed by atoms with E-state index in [4.69, 9.17) is 9.15 Å². The summed E-state index contributed by atoms with van der Waals surface area (Å²) in [4.78, 5) is 0. The van der Waals surface area contributed by atoms with Crippen LogP contribution in [0, 0.1) is 5.92 Å². The van der Waals surface area contributed by atoms with Crippen molar-refractivity contribution in [3.05, 3.63) is 24.2 Å². The smallest absolute Gasteiger partial charge is 0.129 e. The van der Waals surface area contributed by atoms with Crippen LogP contribution in [0.2, 0.25) is 0 Å². The summed E-state index contributed by atoms with van der Waals surface area (Å²) >= 11 is 0. The first-order valence-electron chi connectivity index (χ1n) is 6.57. The monoisotopic (exact) mass is 239 g/mol. The molecule has 98 valence electrons. The molecular formula is C14H25NO2. The summed E-state index contributed by atoms with van der Waals surface area (Å²) < 4.78 is 10.7. The molecule has 0 amide bonds. The van der Waals surface area contributed by atoms with Crippen molar-refractivity contribution >= 4 is 0 Å². The number of hydrogen-bond acceptors (Lipinski definition) is 3. The zero-order valence-corrected chi connectivity index (χ0v) is 11.2. The predicted octanol–water partition coefficient (Wildman–Crippen LogP) is 3.21. The molecule has 1 rings (SSSR count). The van der Waals surface area contributed by atoms with Gasteiger partial charge in [0, 0.05) is 12.6 Å². The van der Waals surface area contributed by atoms with Gasteiger partial charge in [-0.15, -0.1) is 0 Å². The van der Waals surface area contributed by atoms with Gasteiger partial charge in [-0.2, -0.15) is 0 Å². The van der Waals surface area contributed by atoms with Crippen molar-refractivity contribution in [3.8, 4) is 0 Å². The normalized spacial score (nSPS) is 14.8. The standard InChI is InChI=1S/C14H25NO2/c1-4-12(2)13(3)15-8-6-9-16-11-14-7-5-10-17-14/h5,7,10,12-13,15H,4,6,8-9,11H2,1-3H3. The van der Waals surface area contributed by atoms with Crippen LogP contribution in [0.15, 0.2) is 22.8 Å². The van der Waals surface area contributed by atoms with E-state index >= 15 is 0 Å². The van der Waals surface area contributed by atoms with Gasteiger partial charge in [0.05, 0.1) is 6.26 Å². The molecule has 0 aliphatic carbocycles. The number of nitrogens with one attached hydrogen (secondary N) is 1. The van der Waals surface area contributed by atoms with Gasteiger partial charge in [0.2, 0.25) is 0 Å². The third-order valence-corrected chi connectivity index (χ3v) is 3.25. The molecule has 0 aliphatic rings. The Morgan fingerprint density at radius 2 is 2.24 bits per heavy atom. The highest BCUT2D eigenvalue weighted by atomic mass is 16.5. The van der Waals surface area contributed by atoms with Gasteiger partial charge in [0.15, 0.2) is 0 Å². The first kappa shape index (κ1) is 14.3. The van der Waals surface area contributed by atoms with Crippen molar-refractivity contribution in [3.63, 3.8) is 0 Å². The zero-order chi connectivity index (χ0) is 12.5. The lowest BCUT2D eigenvalue weighted by molar-refractivity contribution is 0.103. The predicted molar refractivity (Wildman–Crippen MR) is 69.9 cm³/mol. The van der Waals surface area contributed by atoms with Crippen LogP contribution < -0.4 is 5.32 Å². The van der Waals surface area contributed by atoms with Gasteiger partial charge in [-0.05, 0) is 37.9 Å². The maximum absolute atomic E-state index is 5.51. The molecule has 0 spiro atoms. The minimum absolute atomic E-state index is 0.577. The molecule has 0 aromatic carbocycles. The summed E-state index contributed by atoms with van der Waals surface area (Å²) in [6.45, 7) is 9.14. The Bertz CT molecular complexity index is 272. The Labute approximate surface area is 105 Å². The summed E-state index contributed by atoms with van der Waals surface area (Å²) in [7, 11) is 0. The maximum atomic E-state index is 5.51. The van der Waals surface area contributed by atoms with E-state index in [0.29, 0.717) is 12.6 Å². The fourth-order valence-electron chi connectivity index (χ4n) is 1.63. The van der Waals surface area contributed by atoms with Gasteiger partial charge in [0.1, 0.15) is 12.4 Å². The third-order valence-electron chi connectivity index (χ3n) is 3.25. The quantitative estimate of drug-likeness (QED) is 0.672. The number of rotatable bonds is 9. The molecule has 1 heterocycles. The lowest BCUT2D eigenvalue weighted by atomic mass is 10.0. The highest BCUT2D eigenvalue weighted by Gasteiger charge is 2.08. The van der Waals surface area contributed by atoms with Gasteiger partial charge >= 0.3 is 0 Å². The van der Waals surface area contributed by atoms with Crippen molar-refractivity contribution in [1.82, 2.24) is 5.32 Å². The van der Waals surface area contributed by atoms with Crippen LogP contribution in [0.3, 0.4) is 0 Å². The van der Waals surface area contributed by atoms with E-state index < -0.39 is 0 Å². The molecule has 0 radical (unpaired) electrons. The number of furan rings is 1. The minimum atomic E-state index is 0.577. The van der Waals surface area contributed by atoms with Gasteiger partial charge in [0.25, 0.3) is 0 Å². The molecule has 2 unspecified atom stereocenters. The van der Waals surface area contributed by atoms with Gasteiger partial charge in [-0.25, -0.2) is 0 Å². The second kappa shape index (κ2) is 8.31. The molecule has 1 aromatic rings. The topological polar surface area (TPSA) is 34.4 Å². The maximum Gasteiger partial charge on any atom is 0.129 e. The van der Waals surface area contributed by atoms with Crippen molar-refractivity contribution in [2.24, 2.45) is 5.92 Å². The summed E-state index contributed by atoms with van der Waals surface area (Å²) in [6.07, 6.45) is 3.94. The molecule has 0 bridgehead atoms. The van der Waals surface area contributed by atoms with Crippen LogP contribution in [-0.2, 0) is 11.3 Å². The van der Waals surface area contributed by atoms with Crippen LogP contribution >= 0.6 is 0 Å². The van der Waals surface area contributed by atoms with E-state index in [0.717, 1.165) is 31.3 Å². The second-order valence-corrected chi connectivity index (χ2v) is 4.61. The van der Waals surface area contributed by atoms with E-state index in [1.807, 2.05) is 12.1 Å². The second-order valence-electron chi connectivity index (χ2n) is 4.61. The third kappa shape index (κ3) is 5.89. The highest BCUT2D eigenvalue weighted by molar-refractivity contribution is 4.95. The van der Waals surface area contributed by atoms with Gasteiger partial charge in [-0.3, -0.25) is 0 Å². The molecule has 3 nitrogen and oxygen atoms in total. The Kier molecular flexibility index (Phi) is 6.97. The first-order chi connectivity index (χ1) is 8.24. The first-order valence-corrected chi connectivity index (χ1v) is 6.57. The molecule has 0 saturated heterocycles. The molecule has 17 heavy (non-hydrogen) atoms. The molecule has 3 heteroatoms. The Morgan fingerprint density at radius 1 is 1.41 bits per heavy atom. The Hall–Kier alpha value is -0.800. The van der Waals surface area contributed by atoms with Crippen molar-refractivity contribution in [2.75, 3.05) is 13.2 Å². The lowest BCUT2D eigenvalue weighted by Crippen LogP contribution is -2.32. The summed E-state index contributed by atoms with van der Waals surface area (Å²) in [6, 6.07) is 4.40. The molecule has 0 saturated carbocycles. The molecule has 1 aromatic heterocycles. The van der Waals surface area contributed by atoms with E-state index in [1.165, 1.54) is 6.42 Å². The SMILES string of the molecule is CCC(C)C(C)NCCCOCc1ccco1. The fraction of sp³-hybridized carbons (Fsp3) is 0.714. The van der Waals surface area contributed by atoms with Crippen LogP contribution in [0.25, 0.3) is 0 Å². The van der Waals surface area contributed by atoms with Crippen LogP contribution in [0.1, 0.15) is 39.4 Å². The highest BCUT2D eigenvalue weighted by Crippen LogP contribution is 2.06. The molecular weight excluding hydrogens is 214 g/mol. The summed E-state index contributed by atoms with van der Waals surface area (Å²) in [5.41, 5.74) is 0. The average molecular weight is 239 g/mol. The molecule has 1 N–H and O–H groups in total. The average Bonchev–Trinajstić information content (AvgIpc) is 2.85. The largest absolute Gasteiger partial charge is 0.467 e. The number of hydrogen-bond donors (Lipinski definition) is 1. The van der Waals surface area contributed by atoms with Gasteiger partial charge < -0.3 is 14.5 Å². The molecule has 0 aliphatic heterocycles. The zero-order valence-electron chi connectivity index (χ0n) is 11.2. The fourth-order valence-corrected chi connectivity index (χ4v) is 1.63. The minimum Gasteiger partial charge on any atom is -0.467 e. The summed E-state index contributed by atoms with van der Waals surface area (Å²) in [5, 5.41) is 3.52. The van der Waals surface area contributed by atoms with Crippen molar-refractivity contribution in [1.29, 1.82) is 0 Å². The van der Waals surface area contributed by atoms with E-state index in [1.54, 1.807) is 6.26 Å². The molecule has 0 fully saturated rings. The van der Waals surface area contributed by atoms with Crippen LogP contribution in [0.5, 0.6) is 0 Å². The molecule has 2 atom stereocenters. The van der Waals surface area contributed by atoms with Crippen LogP contribution in [0.4, 0.5) is 0 Å². The van der Waals surface area contributed by atoms with E-state index in [2.05, 4.69) is 26.1 Å².